The van der Waals surface area contributed by atoms with Crippen LogP contribution in [0.25, 0.3) is 0 Å². The Morgan fingerprint density at radius 1 is 1.38 bits per heavy atom. The zero-order valence-corrected chi connectivity index (χ0v) is 12.3. The summed E-state index contributed by atoms with van der Waals surface area (Å²) >= 11 is 0. The van der Waals surface area contributed by atoms with Gasteiger partial charge in [-0.3, -0.25) is 4.79 Å². The third-order valence-corrected chi connectivity index (χ3v) is 4.63. The molecule has 6 nitrogen and oxygen atoms in total. The molecule has 1 N–H and O–H groups in total. The quantitative estimate of drug-likeness (QED) is 0.634. The van der Waals surface area contributed by atoms with Gasteiger partial charge in [-0.05, 0) is 38.8 Å². The Bertz CT molecular complexity index is 591. The van der Waals surface area contributed by atoms with Crippen molar-refractivity contribution in [1.82, 2.24) is 5.06 Å². The van der Waals surface area contributed by atoms with Crippen LogP contribution in [-0.2, 0) is 4.79 Å². The summed E-state index contributed by atoms with van der Waals surface area (Å²) in [5.41, 5.74) is -2.20. The topological polar surface area (TPSA) is 79.8 Å². The summed E-state index contributed by atoms with van der Waals surface area (Å²) in [5, 5.41) is 24.6. The number of rotatable bonds is 1. The molecule has 2 heterocycles. The van der Waals surface area contributed by atoms with E-state index < -0.39 is 11.2 Å². The molecule has 0 aromatic carbocycles. The summed E-state index contributed by atoms with van der Waals surface area (Å²) in [6.45, 7) is 3.45. The molecule has 1 aromatic rings. The van der Waals surface area contributed by atoms with Crippen LogP contribution in [0.4, 0.5) is 0 Å². The van der Waals surface area contributed by atoms with Crippen LogP contribution in [-0.4, -0.2) is 37.7 Å². The number of furan rings is 1. The average Bonchev–Trinajstić information content (AvgIpc) is 2.92. The lowest BCUT2D eigenvalue weighted by Gasteiger charge is -2.33. The zero-order chi connectivity index (χ0) is 15.3. The van der Waals surface area contributed by atoms with Crippen LogP contribution in [0.5, 0.6) is 0 Å². The molecule has 1 aliphatic carbocycles. The van der Waals surface area contributed by atoms with Crippen molar-refractivity contribution in [3.8, 4) is 0 Å². The molecule has 1 aromatic heterocycles. The van der Waals surface area contributed by atoms with Gasteiger partial charge in [0.15, 0.2) is 5.76 Å². The Kier molecular flexibility index (Phi) is 3.18. The molecule has 1 fully saturated rings. The highest BCUT2D eigenvalue weighted by Crippen LogP contribution is 2.41. The van der Waals surface area contributed by atoms with E-state index in [0.717, 1.165) is 24.3 Å². The van der Waals surface area contributed by atoms with Crippen LogP contribution < -0.4 is 0 Å². The van der Waals surface area contributed by atoms with Crippen molar-refractivity contribution >= 4 is 11.5 Å². The lowest BCUT2D eigenvalue weighted by atomic mass is 9.94. The predicted octanol–water partition coefficient (Wildman–Crippen LogP) is 2.29. The Labute approximate surface area is 123 Å². The highest BCUT2D eigenvalue weighted by Gasteiger charge is 2.66. The fourth-order valence-corrected chi connectivity index (χ4v) is 3.51. The summed E-state index contributed by atoms with van der Waals surface area (Å²) in [4.78, 5) is 12.6. The van der Waals surface area contributed by atoms with Gasteiger partial charge in [-0.2, -0.15) is 4.74 Å². The van der Waals surface area contributed by atoms with Crippen LogP contribution in [0, 0.1) is 5.21 Å². The van der Waals surface area contributed by atoms with Gasteiger partial charge in [0.2, 0.25) is 5.78 Å². The highest BCUT2D eigenvalue weighted by atomic mass is 16.6. The normalized spacial score (nSPS) is 30.1. The maximum atomic E-state index is 13.0. The lowest BCUT2D eigenvalue weighted by molar-refractivity contribution is -0.572. The van der Waals surface area contributed by atoms with Crippen LogP contribution in [0.1, 0.15) is 51.7 Å². The third-order valence-electron chi connectivity index (χ3n) is 4.63. The Morgan fingerprint density at radius 2 is 2.14 bits per heavy atom. The molecular formula is C15H20N2O4. The molecule has 0 saturated heterocycles. The van der Waals surface area contributed by atoms with Gasteiger partial charge in [0, 0.05) is 12.8 Å². The van der Waals surface area contributed by atoms with Gasteiger partial charge < -0.3 is 14.8 Å². The van der Waals surface area contributed by atoms with Crippen molar-refractivity contribution in [2.24, 2.45) is 0 Å². The van der Waals surface area contributed by atoms with Crippen molar-refractivity contribution in [3.05, 3.63) is 29.4 Å². The first-order valence-electron chi connectivity index (χ1n) is 7.33. The molecule has 6 heteroatoms. The number of ketones is 1. The van der Waals surface area contributed by atoms with Gasteiger partial charge in [-0.15, -0.1) is 5.06 Å². The van der Waals surface area contributed by atoms with Crippen molar-refractivity contribution in [1.29, 1.82) is 0 Å². The number of hydrogen-bond donors (Lipinski definition) is 1. The molecule has 0 radical (unpaired) electrons. The largest absolute Gasteiger partial charge is 0.622 e. The predicted molar refractivity (Wildman–Crippen MR) is 75.0 cm³/mol. The van der Waals surface area contributed by atoms with Gasteiger partial charge in [-0.1, -0.05) is 6.42 Å². The SMILES string of the molecule is CC1(C)C(c2ccco2)=[N+]([O-])[C@@]2(CCCCCC2=O)N1O. The molecule has 0 unspecified atom stereocenters. The number of carbonyl (C=O) groups is 1. The summed E-state index contributed by atoms with van der Waals surface area (Å²) in [6, 6.07) is 3.36. The van der Waals surface area contributed by atoms with E-state index in [2.05, 4.69) is 0 Å². The molecule has 0 bridgehead atoms. The van der Waals surface area contributed by atoms with E-state index in [1.807, 2.05) is 0 Å². The number of hydroxylamine groups is 3. The zero-order valence-electron chi connectivity index (χ0n) is 12.3. The Balaban J connectivity index is 2.20. The summed E-state index contributed by atoms with van der Waals surface area (Å²) < 4.78 is 6.02. The first-order valence-corrected chi connectivity index (χ1v) is 7.33. The fraction of sp³-hybridized carbons (Fsp3) is 0.600. The lowest BCUT2D eigenvalue weighted by Crippen LogP contribution is -2.59. The van der Waals surface area contributed by atoms with Gasteiger partial charge in [0.25, 0.3) is 5.71 Å². The standard InChI is InChI=1S/C15H20N2O4/c1-14(2)13(11-7-6-10-21-11)16(19)15(17(14)20)9-5-3-4-8-12(15)18/h6-7,10,20H,3-5,8-9H2,1-2H3/t15-/m0/s1. The van der Waals surface area contributed by atoms with Gasteiger partial charge in [0.05, 0.1) is 6.26 Å². The second kappa shape index (κ2) is 4.68. The summed E-state index contributed by atoms with van der Waals surface area (Å²) in [7, 11) is 0. The maximum absolute atomic E-state index is 13.0. The van der Waals surface area contributed by atoms with Crippen LogP contribution in [0.3, 0.4) is 0 Å². The van der Waals surface area contributed by atoms with Crippen molar-refractivity contribution in [3.63, 3.8) is 0 Å². The first kappa shape index (κ1) is 14.3. The van der Waals surface area contributed by atoms with E-state index in [1.165, 1.54) is 6.26 Å². The van der Waals surface area contributed by atoms with Gasteiger partial charge in [0.1, 0.15) is 5.54 Å². The fourth-order valence-electron chi connectivity index (χ4n) is 3.51. The van der Waals surface area contributed by atoms with Crippen LogP contribution >= 0.6 is 0 Å². The van der Waals surface area contributed by atoms with Crippen molar-refractivity contribution in [2.45, 2.75) is 57.2 Å². The molecule has 1 saturated carbocycles. The highest BCUT2D eigenvalue weighted by molar-refractivity contribution is 6.04. The molecule has 3 rings (SSSR count). The first-order chi connectivity index (χ1) is 9.92. The molecule has 1 aliphatic heterocycles. The van der Waals surface area contributed by atoms with E-state index in [4.69, 9.17) is 4.42 Å². The molecule has 1 atom stereocenters. The molecule has 21 heavy (non-hydrogen) atoms. The number of nitrogens with zero attached hydrogens (tertiary/aromatic N) is 2. The molecule has 2 aliphatic rings. The summed E-state index contributed by atoms with van der Waals surface area (Å²) in [6.07, 6.45) is 4.53. The maximum Gasteiger partial charge on any atom is 0.310 e. The van der Waals surface area contributed by atoms with E-state index in [9.17, 15) is 15.2 Å². The van der Waals surface area contributed by atoms with Crippen LogP contribution in [0.2, 0.25) is 0 Å². The molecule has 0 amide bonds. The van der Waals surface area contributed by atoms with E-state index in [0.29, 0.717) is 29.1 Å². The van der Waals surface area contributed by atoms with Gasteiger partial charge >= 0.3 is 5.66 Å². The minimum atomic E-state index is -1.51. The third kappa shape index (κ3) is 1.79. The van der Waals surface area contributed by atoms with Crippen molar-refractivity contribution in [2.75, 3.05) is 0 Å². The minimum absolute atomic E-state index is 0.216. The smallest absolute Gasteiger partial charge is 0.310 e. The molecule has 1 spiro atoms. The second-order valence-corrected chi connectivity index (χ2v) is 6.29. The minimum Gasteiger partial charge on any atom is -0.622 e. The van der Waals surface area contributed by atoms with Crippen LogP contribution in [0.15, 0.2) is 22.8 Å². The summed E-state index contributed by atoms with van der Waals surface area (Å²) in [5.74, 6) is 0.176. The van der Waals surface area contributed by atoms with E-state index in [1.54, 1.807) is 26.0 Å². The number of Topliss-reactive ketones (excluding diaryl/α,β-unsaturated/α-hetero) is 1. The average molecular weight is 292 g/mol. The number of carbonyl (C=O) groups excluding carboxylic acids is 1. The number of hydrogen-bond acceptors (Lipinski definition) is 5. The molecular weight excluding hydrogens is 272 g/mol. The van der Waals surface area contributed by atoms with Crippen molar-refractivity contribution < 1.29 is 19.2 Å². The molecule has 114 valence electrons. The van der Waals surface area contributed by atoms with Gasteiger partial charge in [-0.25, -0.2) is 0 Å². The monoisotopic (exact) mass is 292 g/mol. The van der Waals surface area contributed by atoms with E-state index in [-0.39, 0.29) is 5.78 Å². The second-order valence-electron chi connectivity index (χ2n) is 6.29. The van der Waals surface area contributed by atoms with E-state index >= 15 is 0 Å². The Morgan fingerprint density at radius 3 is 2.81 bits per heavy atom. The Hall–Kier alpha value is -1.66.